The molecule has 2 aromatic rings. The summed E-state index contributed by atoms with van der Waals surface area (Å²) in [6, 6.07) is 12.2. The molecule has 1 heterocycles. The van der Waals surface area contributed by atoms with Crippen LogP contribution in [0.2, 0.25) is 10.0 Å². The van der Waals surface area contributed by atoms with E-state index in [1.54, 1.807) is 12.1 Å². The fourth-order valence-corrected chi connectivity index (χ4v) is 2.77. The normalized spacial score (nSPS) is 18.0. The molecular weight excluding hydrogens is 310 g/mol. The molecule has 21 heavy (non-hydrogen) atoms. The number of nitrogens with zero attached hydrogens (tertiary/aromatic N) is 2. The highest BCUT2D eigenvalue weighted by Gasteiger charge is 2.28. The van der Waals surface area contributed by atoms with Crippen molar-refractivity contribution in [2.24, 2.45) is 5.10 Å². The van der Waals surface area contributed by atoms with Crippen molar-refractivity contribution < 1.29 is 4.39 Å². The SMILES string of the molecule is CC1=NN(c2ccc(Cl)cc2)CC1c1ccc(Cl)cc1F. The lowest BCUT2D eigenvalue weighted by molar-refractivity contribution is 0.605. The molecule has 2 nitrogen and oxygen atoms in total. The molecule has 1 unspecified atom stereocenters. The Hall–Kier alpha value is -1.58. The minimum atomic E-state index is -0.292. The molecule has 0 fully saturated rings. The second-order valence-electron chi connectivity index (χ2n) is 5.02. The van der Waals surface area contributed by atoms with Crippen LogP contribution >= 0.6 is 23.2 Å². The van der Waals surface area contributed by atoms with Crippen LogP contribution < -0.4 is 5.01 Å². The fourth-order valence-electron chi connectivity index (χ4n) is 2.49. The third kappa shape index (κ3) is 2.89. The summed E-state index contributed by atoms with van der Waals surface area (Å²) >= 11 is 11.7. The monoisotopic (exact) mass is 322 g/mol. The zero-order valence-electron chi connectivity index (χ0n) is 11.4. The van der Waals surface area contributed by atoms with E-state index in [9.17, 15) is 4.39 Å². The minimum absolute atomic E-state index is 0.0713. The molecule has 0 radical (unpaired) electrons. The van der Waals surface area contributed by atoms with E-state index in [2.05, 4.69) is 5.10 Å². The van der Waals surface area contributed by atoms with Gasteiger partial charge in [-0.3, -0.25) is 5.01 Å². The summed E-state index contributed by atoms with van der Waals surface area (Å²) in [6.45, 7) is 2.51. The van der Waals surface area contributed by atoms with Crippen LogP contribution in [0.4, 0.5) is 10.1 Å². The van der Waals surface area contributed by atoms with Crippen LogP contribution in [-0.4, -0.2) is 12.3 Å². The number of hydrogen-bond acceptors (Lipinski definition) is 2. The molecule has 0 N–H and O–H groups in total. The lowest BCUT2D eigenvalue weighted by atomic mass is 9.95. The summed E-state index contributed by atoms with van der Waals surface area (Å²) in [7, 11) is 0. The molecule has 5 heteroatoms. The van der Waals surface area contributed by atoms with Gasteiger partial charge in [0.1, 0.15) is 5.82 Å². The van der Waals surface area contributed by atoms with Gasteiger partial charge in [0.05, 0.1) is 12.2 Å². The van der Waals surface area contributed by atoms with Gasteiger partial charge in [0.25, 0.3) is 0 Å². The fraction of sp³-hybridized carbons (Fsp3) is 0.188. The Morgan fingerprint density at radius 3 is 2.43 bits per heavy atom. The highest BCUT2D eigenvalue weighted by atomic mass is 35.5. The smallest absolute Gasteiger partial charge is 0.128 e. The van der Waals surface area contributed by atoms with E-state index in [0.29, 0.717) is 22.2 Å². The number of anilines is 1. The Bertz CT molecular complexity index is 698. The molecule has 1 aliphatic heterocycles. The van der Waals surface area contributed by atoms with Gasteiger partial charge in [-0.1, -0.05) is 29.3 Å². The van der Waals surface area contributed by atoms with Gasteiger partial charge in [-0.15, -0.1) is 0 Å². The Labute approximate surface area is 132 Å². The molecule has 3 rings (SSSR count). The Balaban J connectivity index is 1.88. The van der Waals surface area contributed by atoms with Gasteiger partial charge in [0.15, 0.2) is 0 Å². The highest BCUT2D eigenvalue weighted by molar-refractivity contribution is 6.30. The second-order valence-corrected chi connectivity index (χ2v) is 5.89. The molecule has 1 atom stereocenters. The van der Waals surface area contributed by atoms with Crippen LogP contribution in [0, 0.1) is 5.82 Å². The van der Waals surface area contributed by atoms with Gasteiger partial charge in [-0.05, 0) is 48.9 Å². The maximum Gasteiger partial charge on any atom is 0.128 e. The van der Waals surface area contributed by atoms with E-state index >= 15 is 0 Å². The predicted octanol–water partition coefficient (Wildman–Crippen LogP) is 5.11. The van der Waals surface area contributed by atoms with Gasteiger partial charge in [0, 0.05) is 21.7 Å². The lowest BCUT2D eigenvalue weighted by Crippen LogP contribution is -2.18. The maximum atomic E-state index is 14.1. The van der Waals surface area contributed by atoms with E-state index in [0.717, 1.165) is 11.4 Å². The molecule has 2 aromatic carbocycles. The molecule has 0 aliphatic carbocycles. The van der Waals surface area contributed by atoms with Crippen LogP contribution in [-0.2, 0) is 0 Å². The summed E-state index contributed by atoms with van der Waals surface area (Å²) in [5, 5.41) is 7.46. The van der Waals surface area contributed by atoms with Gasteiger partial charge >= 0.3 is 0 Å². The first kappa shape index (κ1) is 14.4. The zero-order valence-corrected chi connectivity index (χ0v) is 12.9. The lowest BCUT2D eigenvalue weighted by Gasteiger charge is -2.17. The maximum absolute atomic E-state index is 14.1. The number of hydrazone groups is 1. The Kier molecular flexibility index (Phi) is 3.87. The third-order valence-electron chi connectivity index (χ3n) is 3.60. The van der Waals surface area contributed by atoms with Crippen LogP contribution in [0.15, 0.2) is 47.6 Å². The van der Waals surface area contributed by atoms with Gasteiger partial charge in [-0.2, -0.15) is 5.10 Å². The van der Waals surface area contributed by atoms with Gasteiger partial charge in [0.2, 0.25) is 0 Å². The van der Waals surface area contributed by atoms with E-state index in [1.165, 1.54) is 6.07 Å². The van der Waals surface area contributed by atoms with Crippen molar-refractivity contribution in [3.05, 3.63) is 63.9 Å². The molecule has 108 valence electrons. The molecule has 0 aromatic heterocycles. The molecule has 0 spiro atoms. The van der Waals surface area contributed by atoms with E-state index in [1.807, 2.05) is 36.2 Å². The van der Waals surface area contributed by atoms with Crippen molar-refractivity contribution in [3.8, 4) is 0 Å². The Morgan fingerprint density at radius 2 is 1.76 bits per heavy atom. The second kappa shape index (κ2) is 5.66. The number of rotatable bonds is 2. The summed E-state index contributed by atoms with van der Waals surface area (Å²) in [4.78, 5) is 0. The first-order valence-corrected chi connectivity index (χ1v) is 7.33. The van der Waals surface area contributed by atoms with Crippen molar-refractivity contribution in [3.63, 3.8) is 0 Å². The van der Waals surface area contributed by atoms with Crippen LogP contribution in [0.25, 0.3) is 0 Å². The predicted molar refractivity (Wildman–Crippen MR) is 86.1 cm³/mol. The summed E-state index contributed by atoms with van der Waals surface area (Å²) in [5.41, 5.74) is 2.44. The number of halogens is 3. The topological polar surface area (TPSA) is 15.6 Å². The minimum Gasteiger partial charge on any atom is -0.265 e. The van der Waals surface area contributed by atoms with E-state index < -0.39 is 0 Å². The van der Waals surface area contributed by atoms with Crippen molar-refractivity contribution in [2.75, 3.05) is 11.6 Å². The molecule has 0 amide bonds. The quantitative estimate of drug-likeness (QED) is 0.749. The van der Waals surface area contributed by atoms with Crippen molar-refractivity contribution >= 4 is 34.6 Å². The molecule has 0 saturated heterocycles. The van der Waals surface area contributed by atoms with Crippen LogP contribution in [0.5, 0.6) is 0 Å². The first-order chi connectivity index (χ1) is 10.0. The van der Waals surface area contributed by atoms with Crippen LogP contribution in [0.3, 0.4) is 0 Å². The Morgan fingerprint density at radius 1 is 1.10 bits per heavy atom. The van der Waals surface area contributed by atoms with Crippen molar-refractivity contribution in [1.29, 1.82) is 0 Å². The summed E-state index contributed by atoms with van der Waals surface area (Å²) < 4.78 is 14.1. The average molecular weight is 323 g/mol. The van der Waals surface area contributed by atoms with Gasteiger partial charge < -0.3 is 0 Å². The van der Waals surface area contributed by atoms with E-state index in [-0.39, 0.29) is 11.7 Å². The summed E-state index contributed by atoms with van der Waals surface area (Å²) in [5.74, 6) is -0.363. The largest absolute Gasteiger partial charge is 0.265 e. The highest BCUT2D eigenvalue weighted by Crippen LogP contribution is 2.31. The number of hydrogen-bond donors (Lipinski definition) is 0. The third-order valence-corrected chi connectivity index (χ3v) is 4.09. The zero-order chi connectivity index (χ0) is 15.0. The van der Waals surface area contributed by atoms with E-state index in [4.69, 9.17) is 23.2 Å². The molecule has 1 aliphatic rings. The molecule has 0 saturated carbocycles. The van der Waals surface area contributed by atoms with Gasteiger partial charge in [-0.25, -0.2) is 4.39 Å². The average Bonchev–Trinajstić information content (AvgIpc) is 2.81. The van der Waals surface area contributed by atoms with Crippen molar-refractivity contribution in [2.45, 2.75) is 12.8 Å². The number of benzene rings is 2. The molecular formula is C16H13Cl2FN2. The summed E-state index contributed by atoms with van der Waals surface area (Å²) in [6.07, 6.45) is 0. The molecule has 0 bridgehead atoms. The standard InChI is InChI=1S/C16H13Cl2FN2/c1-10-15(14-7-4-12(18)8-16(14)19)9-21(20-10)13-5-2-11(17)3-6-13/h2-8,15H,9H2,1H3. The first-order valence-electron chi connectivity index (χ1n) is 6.58. The van der Waals surface area contributed by atoms with Crippen molar-refractivity contribution in [1.82, 2.24) is 0 Å². The van der Waals surface area contributed by atoms with Crippen LogP contribution in [0.1, 0.15) is 18.4 Å².